The van der Waals surface area contributed by atoms with E-state index in [4.69, 9.17) is 0 Å². The number of benzene rings is 1. The monoisotopic (exact) mass is 348 g/mol. The van der Waals surface area contributed by atoms with Gasteiger partial charge in [0, 0.05) is 4.83 Å². The van der Waals surface area contributed by atoms with Gasteiger partial charge in [-0.2, -0.15) is 26.3 Å². The van der Waals surface area contributed by atoms with Gasteiger partial charge in [-0.25, -0.2) is 0 Å². The van der Waals surface area contributed by atoms with Crippen LogP contribution in [0.5, 0.6) is 0 Å². The highest BCUT2D eigenvalue weighted by Gasteiger charge is 2.37. The van der Waals surface area contributed by atoms with Crippen molar-refractivity contribution < 1.29 is 26.3 Å². The zero-order chi connectivity index (χ0) is 15.0. The second kappa shape index (κ2) is 5.34. The van der Waals surface area contributed by atoms with Gasteiger partial charge in [-0.1, -0.05) is 29.8 Å². The fourth-order valence-corrected chi connectivity index (χ4v) is 1.81. The zero-order valence-corrected chi connectivity index (χ0v) is 11.6. The Labute approximate surface area is 114 Å². The van der Waals surface area contributed by atoms with Gasteiger partial charge in [-0.15, -0.1) is 0 Å². The molecule has 0 N–H and O–H groups in total. The smallest absolute Gasteiger partial charge is 0.166 e. The molecule has 7 heteroatoms. The van der Waals surface area contributed by atoms with Gasteiger partial charge in [0.05, 0.1) is 11.1 Å². The predicted octanol–water partition coefficient (Wildman–Crippen LogP) is 5.61. The van der Waals surface area contributed by atoms with Crippen molar-refractivity contribution >= 4 is 15.9 Å². The Kier molecular flexibility index (Phi) is 4.59. The third kappa shape index (κ3) is 4.12. The molecule has 0 bridgehead atoms. The molecule has 0 aliphatic rings. The Hall–Kier alpha value is -0.720. The van der Waals surface area contributed by atoms with E-state index in [1.807, 2.05) is 0 Å². The van der Waals surface area contributed by atoms with Gasteiger partial charge in [-0.3, -0.25) is 0 Å². The lowest BCUT2D eigenvalue weighted by molar-refractivity contribution is -0.143. The van der Waals surface area contributed by atoms with E-state index in [0.717, 1.165) is 12.1 Å². The highest BCUT2D eigenvalue weighted by Crippen LogP contribution is 2.38. The molecule has 108 valence electrons. The number of alkyl halides is 7. The lowest BCUT2D eigenvalue weighted by atomic mass is 9.94. The Morgan fingerprint density at radius 3 is 1.47 bits per heavy atom. The van der Waals surface area contributed by atoms with Gasteiger partial charge in [-0.05, 0) is 29.7 Å². The van der Waals surface area contributed by atoms with Gasteiger partial charge in [0.2, 0.25) is 0 Å². The minimum atomic E-state index is -4.80. The van der Waals surface area contributed by atoms with Crippen LogP contribution in [0.25, 0.3) is 0 Å². The summed E-state index contributed by atoms with van der Waals surface area (Å²) in [6, 6.07) is 1.66. The topological polar surface area (TPSA) is 0 Å². The molecule has 0 amide bonds. The lowest BCUT2D eigenvalue weighted by Crippen LogP contribution is -2.14. The summed E-state index contributed by atoms with van der Waals surface area (Å²) in [5.41, 5.74) is -2.55. The summed E-state index contributed by atoms with van der Waals surface area (Å²) in [6.07, 6.45) is -9.60. The van der Waals surface area contributed by atoms with E-state index >= 15 is 0 Å². The van der Waals surface area contributed by atoms with Crippen LogP contribution in [0, 0.1) is 0 Å². The summed E-state index contributed by atoms with van der Waals surface area (Å²) in [4.78, 5) is -0.239. The summed E-state index contributed by atoms with van der Waals surface area (Å²) in [7, 11) is 0. The average Bonchev–Trinajstić information content (AvgIpc) is 2.24. The highest BCUT2D eigenvalue weighted by atomic mass is 79.9. The Morgan fingerprint density at radius 1 is 0.842 bits per heavy atom. The van der Waals surface area contributed by atoms with Crippen molar-refractivity contribution in [3.05, 3.63) is 34.9 Å². The van der Waals surface area contributed by atoms with Crippen molar-refractivity contribution in [3.8, 4) is 0 Å². The van der Waals surface area contributed by atoms with E-state index in [2.05, 4.69) is 15.9 Å². The molecule has 0 spiro atoms. The second-order valence-electron chi connectivity index (χ2n) is 4.31. The molecule has 0 saturated carbocycles. The molecule has 0 saturated heterocycles. The third-order valence-electron chi connectivity index (χ3n) is 2.82. The van der Waals surface area contributed by atoms with Gasteiger partial charge < -0.3 is 0 Å². The molecule has 1 aromatic rings. The summed E-state index contributed by atoms with van der Waals surface area (Å²) in [5.74, 6) is -0.469. The summed E-state index contributed by atoms with van der Waals surface area (Å²) < 4.78 is 75.7. The van der Waals surface area contributed by atoms with Crippen molar-refractivity contribution in [2.24, 2.45) is 0 Å². The van der Waals surface area contributed by atoms with Gasteiger partial charge in [0.15, 0.2) is 0 Å². The van der Waals surface area contributed by atoms with Crippen LogP contribution in [0.15, 0.2) is 18.2 Å². The standard InChI is InChI=1S/C12H11BrF6/c1-6(7(2)13)8-3-9(11(14,15)16)5-10(4-8)12(17,18)19/h3-7H,1-2H3. The molecule has 0 heterocycles. The molecule has 0 nitrogen and oxygen atoms in total. The van der Waals surface area contributed by atoms with E-state index in [1.165, 1.54) is 0 Å². The Morgan fingerprint density at radius 2 is 1.21 bits per heavy atom. The number of halogens is 7. The second-order valence-corrected chi connectivity index (χ2v) is 5.75. The number of rotatable bonds is 2. The van der Waals surface area contributed by atoms with E-state index in [0.29, 0.717) is 0 Å². The molecule has 1 aromatic carbocycles. The molecule has 19 heavy (non-hydrogen) atoms. The van der Waals surface area contributed by atoms with Crippen LogP contribution < -0.4 is 0 Å². The van der Waals surface area contributed by atoms with Crippen LogP contribution in [-0.2, 0) is 12.4 Å². The first kappa shape index (κ1) is 16.3. The Balaban J connectivity index is 3.41. The van der Waals surface area contributed by atoms with Crippen molar-refractivity contribution in [2.45, 2.75) is 36.9 Å². The molecular weight excluding hydrogens is 338 g/mol. The van der Waals surface area contributed by atoms with Crippen LogP contribution >= 0.6 is 15.9 Å². The van der Waals surface area contributed by atoms with Gasteiger partial charge in [0.25, 0.3) is 0 Å². The lowest BCUT2D eigenvalue weighted by Gasteiger charge is -2.19. The first-order valence-electron chi connectivity index (χ1n) is 5.36. The molecule has 0 aliphatic carbocycles. The maximum atomic E-state index is 12.6. The molecular formula is C12H11BrF6. The van der Waals surface area contributed by atoms with E-state index < -0.39 is 29.4 Å². The van der Waals surface area contributed by atoms with Crippen molar-refractivity contribution in [1.82, 2.24) is 0 Å². The fourth-order valence-electron chi connectivity index (χ4n) is 1.51. The van der Waals surface area contributed by atoms with E-state index in [-0.39, 0.29) is 16.5 Å². The minimum absolute atomic E-state index is 0.00604. The average molecular weight is 349 g/mol. The van der Waals surface area contributed by atoms with E-state index in [9.17, 15) is 26.3 Å². The van der Waals surface area contributed by atoms with Crippen molar-refractivity contribution in [3.63, 3.8) is 0 Å². The molecule has 0 radical (unpaired) electrons. The van der Waals surface area contributed by atoms with Crippen LogP contribution in [0.4, 0.5) is 26.3 Å². The zero-order valence-electron chi connectivity index (χ0n) is 10.0. The quantitative estimate of drug-likeness (QED) is 0.481. The molecule has 2 atom stereocenters. The first-order valence-corrected chi connectivity index (χ1v) is 6.28. The van der Waals surface area contributed by atoms with Crippen LogP contribution in [0.1, 0.15) is 36.5 Å². The summed E-state index contributed by atoms with van der Waals surface area (Å²) >= 11 is 3.16. The Bertz CT molecular complexity index is 414. The summed E-state index contributed by atoms with van der Waals surface area (Å²) in [6.45, 7) is 3.23. The SMILES string of the molecule is CC(Br)C(C)c1cc(C(F)(F)F)cc(C(F)(F)F)c1. The summed E-state index contributed by atoms with van der Waals surface area (Å²) in [5, 5.41) is 0. The van der Waals surface area contributed by atoms with Gasteiger partial charge >= 0.3 is 12.4 Å². The third-order valence-corrected chi connectivity index (χ3v) is 3.62. The van der Waals surface area contributed by atoms with Gasteiger partial charge in [0.1, 0.15) is 0 Å². The van der Waals surface area contributed by atoms with Crippen LogP contribution in [-0.4, -0.2) is 4.83 Å². The highest BCUT2D eigenvalue weighted by molar-refractivity contribution is 9.09. The predicted molar refractivity (Wildman–Crippen MR) is 63.3 cm³/mol. The number of hydrogen-bond acceptors (Lipinski definition) is 0. The maximum Gasteiger partial charge on any atom is 0.416 e. The molecule has 0 aliphatic heterocycles. The molecule has 0 aromatic heterocycles. The number of hydrogen-bond donors (Lipinski definition) is 0. The first-order chi connectivity index (χ1) is 8.43. The van der Waals surface area contributed by atoms with Crippen LogP contribution in [0.2, 0.25) is 0 Å². The maximum absolute atomic E-state index is 12.6. The minimum Gasteiger partial charge on any atom is -0.166 e. The normalized spacial score (nSPS) is 16.3. The van der Waals surface area contributed by atoms with Crippen molar-refractivity contribution in [2.75, 3.05) is 0 Å². The fraction of sp³-hybridized carbons (Fsp3) is 0.500. The van der Waals surface area contributed by atoms with Crippen LogP contribution in [0.3, 0.4) is 0 Å². The van der Waals surface area contributed by atoms with Crippen molar-refractivity contribution in [1.29, 1.82) is 0 Å². The van der Waals surface area contributed by atoms with E-state index in [1.54, 1.807) is 13.8 Å². The molecule has 0 fully saturated rings. The largest absolute Gasteiger partial charge is 0.416 e. The molecule has 1 rings (SSSR count). The molecule has 2 unspecified atom stereocenters.